The van der Waals surface area contributed by atoms with Gasteiger partial charge in [0.2, 0.25) is 0 Å². The third-order valence-corrected chi connectivity index (χ3v) is 3.04. The van der Waals surface area contributed by atoms with E-state index in [9.17, 15) is 4.79 Å². The van der Waals surface area contributed by atoms with Gasteiger partial charge in [0.15, 0.2) is 5.78 Å². The zero-order valence-corrected chi connectivity index (χ0v) is 10.7. The number of alkyl halides is 1. The first kappa shape index (κ1) is 12.4. The molecule has 1 aromatic carbocycles. The second kappa shape index (κ2) is 6.78. The van der Waals surface area contributed by atoms with Gasteiger partial charge in [-0.25, -0.2) is 0 Å². The van der Waals surface area contributed by atoms with Gasteiger partial charge < -0.3 is 0 Å². The van der Waals surface area contributed by atoms with Gasteiger partial charge in [-0.2, -0.15) is 0 Å². The van der Waals surface area contributed by atoms with Crippen LogP contribution < -0.4 is 0 Å². The lowest BCUT2D eigenvalue weighted by molar-refractivity contribution is 0.0979. The van der Waals surface area contributed by atoms with Crippen molar-refractivity contribution in [2.24, 2.45) is 0 Å². The Kier molecular flexibility index (Phi) is 5.62. The topological polar surface area (TPSA) is 17.1 Å². The van der Waals surface area contributed by atoms with E-state index >= 15 is 0 Å². The quantitative estimate of drug-likeness (QED) is 0.431. The Labute approximate surface area is 100 Å². The Morgan fingerprint density at radius 1 is 1.20 bits per heavy atom. The lowest BCUT2D eigenvalue weighted by atomic mass is 10.0. The molecule has 1 nitrogen and oxygen atoms in total. The molecule has 1 rings (SSSR count). The molecule has 0 bridgehead atoms. The van der Waals surface area contributed by atoms with Crippen molar-refractivity contribution in [2.45, 2.75) is 32.6 Å². The predicted octanol–water partition coefficient (Wildman–Crippen LogP) is 4.13. The van der Waals surface area contributed by atoms with Crippen LogP contribution in [0, 0.1) is 6.92 Å². The van der Waals surface area contributed by atoms with Crippen LogP contribution in [0.25, 0.3) is 0 Å². The second-order valence-electron chi connectivity index (χ2n) is 3.74. The number of rotatable bonds is 6. The summed E-state index contributed by atoms with van der Waals surface area (Å²) in [7, 11) is 0. The fourth-order valence-electron chi connectivity index (χ4n) is 1.58. The third-order valence-electron chi connectivity index (χ3n) is 2.48. The molecular weight excluding hydrogens is 252 g/mol. The molecule has 0 aliphatic carbocycles. The van der Waals surface area contributed by atoms with Crippen LogP contribution in [0.1, 0.15) is 41.6 Å². The van der Waals surface area contributed by atoms with Crippen molar-refractivity contribution < 1.29 is 4.79 Å². The summed E-state index contributed by atoms with van der Waals surface area (Å²) in [6.07, 6.45) is 3.96. The van der Waals surface area contributed by atoms with Crippen molar-refractivity contribution in [3.63, 3.8) is 0 Å². The average Bonchev–Trinajstić information content (AvgIpc) is 2.25. The molecule has 0 spiro atoms. The molecule has 0 radical (unpaired) electrons. The highest BCUT2D eigenvalue weighted by Crippen LogP contribution is 2.12. The van der Waals surface area contributed by atoms with E-state index in [1.807, 2.05) is 31.2 Å². The molecule has 0 fully saturated rings. The van der Waals surface area contributed by atoms with Crippen molar-refractivity contribution in [3.8, 4) is 0 Å². The summed E-state index contributed by atoms with van der Waals surface area (Å²) >= 11 is 3.39. The van der Waals surface area contributed by atoms with E-state index in [1.54, 1.807) is 0 Å². The van der Waals surface area contributed by atoms with Crippen molar-refractivity contribution in [1.82, 2.24) is 0 Å². The molecule has 0 saturated heterocycles. The zero-order chi connectivity index (χ0) is 11.1. The van der Waals surface area contributed by atoms with E-state index in [-0.39, 0.29) is 5.78 Å². The molecule has 0 saturated carbocycles. The Balaban J connectivity index is 2.44. The van der Waals surface area contributed by atoms with Crippen LogP contribution in [-0.2, 0) is 0 Å². The van der Waals surface area contributed by atoms with Gasteiger partial charge in [0.25, 0.3) is 0 Å². The minimum Gasteiger partial charge on any atom is -0.294 e. The summed E-state index contributed by atoms with van der Waals surface area (Å²) in [5.41, 5.74) is 1.97. The molecule has 0 aliphatic rings. The van der Waals surface area contributed by atoms with Gasteiger partial charge in [-0.3, -0.25) is 4.79 Å². The van der Waals surface area contributed by atoms with Gasteiger partial charge in [-0.1, -0.05) is 46.6 Å². The highest BCUT2D eigenvalue weighted by molar-refractivity contribution is 9.09. The fraction of sp³-hybridized carbons (Fsp3) is 0.462. The Morgan fingerprint density at radius 2 is 1.93 bits per heavy atom. The lowest BCUT2D eigenvalue weighted by Gasteiger charge is -2.03. The summed E-state index contributed by atoms with van der Waals surface area (Å²) in [5.74, 6) is 0.280. The van der Waals surface area contributed by atoms with Crippen molar-refractivity contribution in [1.29, 1.82) is 0 Å². The van der Waals surface area contributed by atoms with Crippen LogP contribution in [0.4, 0.5) is 0 Å². The predicted molar refractivity (Wildman–Crippen MR) is 67.8 cm³/mol. The molecule has 0 heterocycles. The standard InChI is InChI=1S/C13H17BrO/c1-11-7-4-5-8-12(11)13(15)9-3-2-6-10-14/h4-5,7-8H,2-3,6,9-10H2,1H3. The molecule has 0 N–H and O–H groups in total. The number of benzene rings is 1. The highest BCUT2D eigenvalue weighted by Gasteiger charge is 2.07. The maximum absolute atomic E-state index is 11.8. The Morgan fingerprint density at radius 3 is 2.60 bits per heavy atom. The largest absolute Gasteiger partial charge is 0.294 e. The first-order valence-electron chi connectivity index (χ1n) is 5.40. The van der Waals surface area contributed by atoms with Gasteiger partial charge >= 0.3 is 0 Å². The van der Waals surface area contributed by atoms with E-state index in [2.05, 4.69) is 15.9 Å². The van der Waals surface area contributed by atoms with E-state index in [0.717, 1.165) is 35.7 Å². The highest BCUT2D eigenvalue weighted by atomic mass is 79.9. The van der Waals surface area contributed by atoms with E-state index in [0.29, 0.717) is 6.42 Å². The molecule has 0 unspecified atom stereocenters. The summed E-state index contributed by atoms with van der Waals surface area (Å²) < 4.78 is 0. The molecule has 2 heteroatoms. The summed E-state index contributed by atoms with van der Waals surface area (Å²) in [5, 5.41) is 1.03. The van der Waals surface area contributed by atoms with E-state index < -0.39 is 0 Å². The maximum atomic E-state index is 11.8. The number of hydrogen-bond acceptors (Lipinski definition) is 1. The number of halogens is 1. The molecule has 0 aromatic heterocycles. The number of carbonyl (C=O) groups is 1. The van der Waals surface area contributed by atoms with E-state index in [4.69, 9.17) is 0 Å². The smallest absolute Gasteiger partial charge is 0.163 e. The lowest BCUT2D eigenvalue weighted by Crippen LogP contribution is -2.01. The zero-order valence-electron chi connectivity index (χ0n) is 9.13. The SMILES string of the molecule is Cc1ccccc1C(=O)CCCCCBr. The normalized spacial score (nSPS) is 10.3. The molecule has 15 heavy (non-hydrogen) atoms. The van der Waals surface area contributed by atoms with Crippen molar-refractivity contribution in [3.05, 3.63) is 35.4 Å². The van der Waals surface area contributed by atoms with E-state index in [1.165, 1.54) is 0 Å². The first-order valence-corrected chi connectivity index (χ1v) is 6.52. The first-order chi connectivity index (χ1) is 7.25. The van der Waals surface area contributed by atoms with Crippen LogP contribution in [0.2, 0.25) is 0 Å². The minimum atomic E-state index is 0.280. The fourth-order valence-corrected chi connectivity index (χ4v) is 1.97. The summed E-state index contributed by atoms with van der Waals surface area (Å²) in [6.45, 7) is 1.99. The summed E-state index contributed by atoms with van der Waals surface area (Å²) in [4.78, 5) is 11.8. The minimum absolute atomic E-state index is 0.280. The number of aryl methyl sites for hydroxylation is 1. The van der Waals surface area contributed by atoms with Crippen LogP contribution >= 0.6 is 15.9 Å². The molecule has 1 aromatic rings. The molecule has 82 valence electrons. The van der Waals surface area contributed by atoms with Gasteiger partial charge in [0.05, 0.1) is 0 Å². The third kappa shape index (κ3) is 4.17. The summed E-state index contributed by atoms with van der Waals surface area (Å²) in [6, 6.07) is 7.81. The van der Waals surface area contributed by atoms with Crippen LogP contribution in [0.15, 0.2) is 24.3 Å². The van der Waals surface area contributed by atoms with Crippen LogP contribution in [-0.4, -0.2) is 11.1 Å². The second-order valence-corrected chi connectivity index (χ2v) is 4.53. The number of carbonyl (C=O) groups excluding carboxylic acids is 1. The van der Waals surface area contributed by atoms with Crippen LogP contribution in [0.3, 0.4) is 0 Å². The molecule has 0 amide bonds. The monoisotopic (exact) mass is 268 g/mol. The Bertz CT molecular complexity index is 320. The number of unbranched alkanes of at least 4 members (excludes halogenated alkanes) is 2. The Hall–Kier alpha value is -0.630. The van der Waals surface area contributed by atoms with Gasteiger partial charge in [-0.05, 0) is 25.3 Å². The van der Waals surface area contributed by atoms with Crippen molar-refractivity contribution in [2.75, 3.05) is 5.33 Å². The van der Waals surface area contributed by atoms with Crippen LogP contribution in [0.5, 0.6) is 0 Å². The average molecular weight is 269 g/mol. The van der Waals surface area contributed by atoms with Gasteiger partial charge in [0, 0.05) is 17.3 Å². The maximum Gasteiger partial charge on any atom is 0.163 e. The van der Waals surface area contributed by atoms with Gasteiger partial charge in [-0.15, -0.1) is 0 Å². The molecule has 0 aliphatic heterocycles. The number of hydrogen-bond donors (Lipinski definition) is 0. The van der Waals surface area contributed by atoms with Gasteiger partial charge in [0.1, 0.15) is 0 Å². The molecular formula is C13H17BrO. The number of ketones is 1. The van der Waals surface area contributed by atoms with Crippen molar-refractivity contribution >= 4 is 21.7 Å². The number of Topliss-reactive ketones (excluding diaryl/α,β-unsaturated/α-hetero) is 1. The molecule has 0 atom stereocenters.